The van der Waals surface area contributed by atoms with Gasteiger partial charge in [-0.2, -0.15) is 5.10 Å². The summed E-state index contributed by atoms with van der Waals surface area (Å²) in [4.78, 5) is 12.3. The van der Waals surface area contributed by atoms with Crippen molar-refractivity contribution in [1.29, 1.82) is 0 Å². The van der Waals surface area contributed by atoms with E-state index < -0.39 is 0 Å². The number of carbonyl (C=O) groups excluding carboxylic acids is 1. The van der Waals surface area contributed by atoms with Crippen LogP contribution < -0.4 is 10.6 Å². The average Bonchev–Trinajstić information content (AvgIpc) is 2.98. The number of hydrogen-bond acceptors (Lipinski definition) is 3. The van der Waals surface area contributed by atoms with Crippen molar-refractivity contribution in [2.75, 3.05) is 13.1 Å². The average molecular weight is 376 g/mol. The number of piperidine rings is 1. The van der Waals surface area contributed by atoms with Crippen molar-refractivity contribution in [3.63, 3.8) is 0 Å². The standard InChI is InChI=1S/C15H16Cl2N4O.ClH/c16-11-1-2-14(13(17)7-11)21-9-10(8-19-21)15(22)20-12-3-5-18-6-4-12;/h1-2,7-9,12,18H,3-6H2,(H,20,22);1H. The number of nitrogens with one attached hydrogen (secondary N) is 2. The quantitative estimate of drug-likeness (QED) is 0.867. The van der Waals surface area contributed by atoms with Gasteiger partial charge in [0.25, 0.3) is 5.91 Å². The predicted octanol–water partition coefficient (Wildman–Crippen LogP) is 3.08. The Labute approximate surface area is 150 Å². The lowest BCUT2D eigenvalue weighted by molar-refractivity contribution is 0.0929. The summed E-state index contributed by atoms with van der Waals surface area (Å²) in [5.74, 6) is -0.108. The Morgan fingerprint density at radius 1 is 1.30 bits per heavy atom. The molecular formula is C15H17Cl3N4O. The van der Waals surface area contributed by atoms with E-state index in [0.717, 1.165) is 25.9 Å². The lowest BCUT2D eigenvalue weighted by Gasteiger charge is -2.23. The molecule has 1 aromatic carbocycles. The normalized spacial score (nSPS) is 15.0. The van der Waals surface area contributed by atoms with Crippen LogP contribution >= 0.6 is 35.6 Å². The molecule has 3 rings (SSSR count). The third-order valence-electron chi connectivity index (χ3n) is 3.68. The van der Waals surface area contributed by atoms with Crippen LogP contribution in [0.15, 0.2) is 30.6 Å². The Bertz CT molecular complexity index is 683. The molecule has 2 aromatic rings. The zero-order valence-corrected chi connectivity index (χ0v) is 14.6. The molecule has 23 heavy (non-hydrogen) atoms. The fourth-order valence-corrected chi connectivity index (χ4v) is 2.97. The van der Waals surface area contributed by atoms with E-state index in [4.69, 9.17) is 23.2 Å². The first-order valence-electron chi connectivity index (χ1n) is 7.15. The summed E-state index contributed by atoms with van der Waals surface area (Å²) in [7, 11) is 0. The van der Waals surface area contributed by atoms with E-state index in [1.54, 1.807) is 35.3 Å². The van der Waals surface area contributed by atoms with Gasteiger partial charge in [-0.05, 0) is 44.1 Å². The van der Waals surface area contributed by atoms with Gasteiger partial charge in [0.15, 0.2) is 0 Å². The lowest BCUT2D eigenvalue weighted by atomic mass is 10.1. The van der Waals surface area contributed by atoms with Crippen molar-refractivity contribution >= 4 is 41.5 Å². The van der Waals surface area contributed by atoms with Crippen LogP contribution in [0.25, 0.3) is 5.69 Å². The Morgan fingerprint density at radius 2 is 2.04 bits per heavy atom. The summed E-state index contributed by atoms with van der Waals surface area (Å²) < 4.78 is 1.58. The van der Waals surface area contributed by atoms with E-state index in [1.807, 2.05) is 0 Å². The first-order chi connectivity index (χ1) is 10.6. The van der Waals surface area contributed by atoms with E-state index in [-0.39, 0.29) is 24.4 Å². The summed E-state index contributed by atoms with van der Waals surface area (Å²) in [6, 6.07) is 5.37. The molecule has 0 bridgehead atoms. The SMILES string of the molecule is Cl.O=C(NC1CCNCC1)c1cnn(-c2ccc(Cl)cc2Cl)c1. The Hall–Kier alpha value is -1.27. The maximum Gasteiger partial charge on any atom is 0.254 e. The molecule has 1 aliphatic rings. The largest absolute Gasteiger partial charge is 0.349 e. The molecule has 1 aliphatic heterocycles. The molecule has 0 radical (unpaired) electrons. The Morgan fingerprint density at radius 3 is 2.74 bits per heavy atom. The van der Waals surface area contributed by atoms with Gasteiger partial charge in [0.1, 0.15) is 0 Å². The van der Waals surface area contributed by atoms with Crippen molar-refractivity contribution in [2.45, 2.75) is 18.9 Å². The first kappa shape index (κ1) is 18.1. The molecule has 2 heterocycles. The summed E-state index contributed by atoms with van der Waals surface area (Å²) in [5.41, 5.74) is 1.21. The van der Waals surface area contributed by atoms with E-state index in [9.17, 15) is 4.79 Å². The molecule has 1 saturated heterocycles. The molecule has 0 aliphatic carbocycles. The van der Waals surface area contributed by atoms with Crippen molar-refractivity contribution < 1.29 is 4.79 Å². The summed E-state index contributed by atoms with van der Waals surface area (Å²) >= 11 is 12.0. The number of benzene rings is 1. The third kappa shape index (κ3) is 4.38. The van der Waals surface area contributed by atoms with Crippen molar-refractivity contribution in [3.8, 4) is 5.69 Å². The molecule has 1 aromatic heterocycles. The lowest BCUT2D eigenvalue weighted by Crippen LogP contribution is -2.42. The number of carbonyl (C=O) groups is 1. The van der Waals surface area contributed by atoms with Gasteiger partial charge in [-0.3, -0.25) is 4.79 Å². The van der Waals surface area contributed by atoms with Crippen LogP contribution in [-0.2, 0) is 0 Å². The number of rotatable bonds is 3. The number of halogens is 3. The number of nitrogens with zero attached hydrogens (tertiary/aromatic N) is 2. The Kier molecular flexibility index (Phi) is 6.30. The molecule has 0 saturated carbocycles. The monoisotopic (exact) mass is 374 g/mol. The molecule has 0 unspecified atom stereocenters. The number of aromatic nitrogens is 2. The summed E-state index contributed by atoms with van der Waals surface area (Å²) in [5, 5.41) is 11.6. The van der Waals surface area contributed by atoms with Crippen LogP contribution in [-0.4, -0.2) is 34.8 Å². The highest BCUT2D eigenvalue weighted by Gasteiger charge is 2.17. The van der Waals surface area contributed by atoms with Crippen molar-refractivity contribution in [1.82, 2.24) is 20.4 Å². The molecule has 5 nitrogen and oxygen atoms in total. The van der Waals surface area contributed by atoms with Gasteiger partial charge >= 0.3 is 0 Å². The second kappa shape index (κ2) is 8.02. The molecule has 124 valence electrons. The molecule has 0 spiro atoms. The van der Waals surface area contributed by atoms with Crippen LogP contribution in [0.4, 0.5) is 0 Å². The zero-order valence-electron chi connectivity index (χ0n) is 12.3. The minimum atomic E-state index is -0.108. The summed E-state index contributed by atoms with van der Waals surface area (Å²) in [6.45, 7) is 1.87. The van der Waals surface area contributed by atoms with Crippen LogP contribution in [0.3, 0.4) is 0 Å². The van der Waals surface area contributed by atoms with Crippen LogP contribution in [0, 0.1) is 0 Å². The summed E-state index contributed by atoms with van der Waals surface area (Å²) in [6.07, 6.45) is 5.11. The van der Waals surface area contributed by atoms with Gasteiger partial charge in [0.05, 0.1) is 22.5 Å². The van der Waals surface area contributed by atoms with Crippen LogP contribution in [0.5, 0.6) is 0 Å². The maximum atomic E-state index is 12.3. The Balaban J connectivity index is 0.00000192. The predicted molar refractivity (Wildman–Crippen MR) is 94.2 cm³/mol. The first-order valence-corrected chi connectivity index (χ1v) is 7.91. The highest BCUT2D eigenvalue weighted by molar-refractivity contribution is 6.35. The minimum Gasteiger partial charge on any atom is -0.349 e. The molecule has 8 heteroatoms. The smallest absolute Gasteiger partial charge is 0.254 e. The van der Waals surface area contributed by atoms with E-state index >= 15 is 0 Å². The number of hydrogen-bond donors (Lipinski definition) is 2. The van der Waals surface area contributed by atoms with Gasteiger partial charge in [-0.25, -0.2) is 4.68 Å². The van der Waals surface area contributed by atoms with Crippen LogP contribution in [0.2, 0.25) is 10.0 Å². The highest BCUT2D eigenvalue weighted by Crippen LogP contribution is 2.24. The van der Waals surface area contributed by atoms with Gasteiger partial charge in [0.2, 0.25) is 0 Å². The molecule has 2 N–H and O–H groups in total. The van der Waals surface area contributed by atoms with E-state index in [1.165, 1.54) is 0 Å². The maximum absolute atomic E-state index is 12.3. The second-order valence-corrected chi connectivity index (χ2v) is 6.11. The van der Waals surface area contributed by atoms with Crippen molar-refractivity contribution in [2.24, 2.45) is 0 Å². The fourth-order valence-electron chi connectivity index (χ4n) is 2.47. The molecule has 1 fully saturated rings. The number of amides is 1. The third-order valence-corrected chi connectivity index (χ3v) is 4.21. The topological polar surface area (TPSA) is 59.0 Å². The zero-order chi connectivity index (χ0) is 15.5. The van der Waals surface area contributed by atoms with Crippen LogP contribution in [0.1, 0.15) is 23.2 Å². The molecule has 1 amide bonds. The van der Waals surface area contributed by atoms with E-state index in [2.05, 4.69) is 15.7 Å². The van der Waals surface area contributed by atoms with Gasteiger partial charge in [0, 0.05) is 17.3 Å². The minimum absolute atomic E-state index is 0. The van der Waals surface area contributed by atoms with Gasteiger partial charge in [-0.15, -0.1) is 12.4 Å². The fraction of sp³-hybridized carbons (Fsp3) is 0.333. The molecule has 0 atom stereocenters. The molecular weight excluding hydrogens is 359 g/mol. The van der Waals surface area contributed by atoms with Crippen molar-refractivity contribution in [3.05, 3.63) is 46.2 Å². The van der Waals surface area contributed by atoms with Gasteiger partial charge in [-0.1, -0.05) is 23.2 Å². The van der Waals surface area contributed by atoms with E-state index in [0.29, 0.717) is 21.3 Å². The highest BCUT2D eigenvalue weighted by atomic mass is 35.5. The second-order valence-electron chi connectivity index (χ2n) is 5.27. The van der Waals surface area contributed by atoms with Gasteiger partial charge < -0.3 is 10.6 Å².